The van der Waals surface area contributed by atoms with Gasteiger partial charge in [-0.15, -0.1) is 0 Å². The number of carbonyl (C=O) groups excluding carboxylic acids is 2. The molecule has 0 unspecified atom stereocenters. The molecular formula is C19H18N4O5. The number of H-pyrrole nitrogens is 1. The van der Waals surface area contributed by atoms with Crippen molar-refractivity contribution >= 4 is 22.6 Å². The highest BCUT2D eigenvalue weighted by molar-refractivity contribution is 5.83. The molecule has 9 nitrogen and oxygen atoms in total. The minimum atomic E-state index is -0.683. The Morgan fingerprint density at radius 2 is 1.61 bits per heavy atom. The fourth-order valence-corrected chi connectivity index (χ4v) is 2.58. The number of carbonyl (C=O) groups is 2. The van der Waals surface area contributed by atoms with Crippen molar-refractivity contribution in [3.8, 4) is 5.75 Å². The Labute approximate surface area is 158 Å². The average molecular weight is 382 g/mol. The van der Waals surface area contributed by atoms with Gasteiger partial charge in [-0.1, -0.05) is 30.3 Å². The molecule has 0 radical (unpaired) electrons. The largest absolute Gasteiger partial charge is 0.483 e. The SMILES string of the molecule is Cc1ccccc1OCC(=O)NNC(=O)Cn1[nH]c(=O)c2ccccc2c1=O. The summed E-state index contributed by atoms with van der Waals surface area (Å²) in [5.41, 5.74) is 4.24. The van der Waals surface area contributed by atoms with Gasteiger partial charge >= 0.3 is 0 Å². The van der Waals surface area contributed by atoms with Crippen molar-refractivity contribution in [1.82, 2.24) is 20.6 Å². The van der Waals surface area contributed by atoms with Gasteiger partial charge in [0.1, 0.15) is 12.3 Å². The van der Waals surface area contributed by atoms with E-state index in [0.717, 1.165) is 10.2 Å². The first kappa shape index (κ1) is 18.9. The van der Waals surface area contributed by atoms with Crippen LogP contribution in [0.1, 0.15) is 5.56 Å². The molecule has 3 rings (SSSR count). The van der Waals surface area contributed by atoms with Gasteiger partial charge in [0.2, 0.25) is 0 Å². The first-order valence-corrected chi connectivity index (χ1v) is 8.43. The predicted octanol–water partition coefficient (Wildman–Crippen LogP) is 0.225. The molecule has 1 heterocycles. The number of para-hydroxylation sites is 1. The maximum Gasteiger partial charge on any atom is 0.276 e. The second-order valence-corrected chi connectivity index (χ2v) is 6.03. The summed E-state index contributed by atoms with van der Waals surface area (Å²) in [4.78, 5) is 48.2. The van der Waals surface area contributed by atoms with Crippen LogP contribution in [-0.4, -0.2) is 28.2 Å². The van der Waals surface area contributed by atoms with Crippen molar-refractivity contribution in [2.75, 3.05) is 6.61 Å². The van der Waals surface area contributed by atoms with E-state index >= 15 is 0 Å². The van der Waals surface area contributed by atoms with Crippen LogP contribution >= 0.6 is 0 Å². The van der Waals surface area contributed by atoms with Crippen LogP contribution in [0.25, 0.3) is 10.8 Å². The fraction of sp³-hybridized carbons (Fsp3) is 0.158. The van der Waals surface area contributed by atoms with E-state index in [9.17, 15) is 19.2 Å². The van der Waals surface area contributed by atoms with E-state index < -0.39 is 29.5 Å². The Morgan fingerprint density at radius 3 is 2.36 bits per heavy atom. The number of hydrogen-bond acceptors (Lipinski definition) is 5. The molecule has 0 saturated heterocycles. The number of hydrazine groups is 1. The molecular weight excluding hydrogens is 364 g/mol. The number of aromatic nitrogens is 2. The number of rotatable bonds is 5. The molecule has 0 fully saturated rings. The van der Waals surface area contributed by atoms with Crippen molar-refractivity contribution in [2.24, 2.45) is 0 Å². The summed E-state index contributed by atoms with van der Waals surface area (Å²) >= 11 is 0. The molecule has 1 aromatic heterocycles. The first-order valence-electron chi connectivity index (χ1n) is 8.43. The Hall–Kier alpha value is -3.88. The normalized spacial score (nSPS) is 10.5. The molecule has 0 bridgehead atoms. The Bertz CT molecular complexity index is 1150. The van der Waals surface area contributed by atoms with Crippen molar-refractivity contribution in [2.45, 2.75) is 13.5 Å². The van der Waals surface area contributed by atoms with Crippen molar-refractivity contribution < 1.29 is 14.3 Å². The van der Waals surface area contributed by atoms with Crippen LogP contribution in [-0.2, 0) is 16.1 Å². The number of aromatic amines is 1. The second kappa shape index (κ2) is 8.21. The number of fused-ring (bicyclic) bond motifs is 1. The zero-order valence-corrected chi connectivity index (χ0v) is 15.0. The van der Waals surface area contributed by atoms with Crippen molar-refractivity contribution in [3.05, 3.63) is 74.8 Å². The van der Waals surface area contributed by atoms with Gasteiger partial charge < -0.3 is 4.74 Å². The monoisotopic (exact) mass is 382 g/mol. The van der Waals surface area contributed by atoms with Gasteiger partial charge in [-0.05, 0) is 30.7 Å². The summed E-state index contributed by atoms with van der Waals surface area (Å²) < 4.78 is 6.25. The molecule has 2 aromatic carbocycles. The minimum Gasteiger partial charge on any atom is -0.483 e. The average Bonchev–Trinajstić information content (AvgIpc) is 2.69. The predicted molar refractivity (Wildman–Crippen MR) is 102 cm³/mol. The molecule has 2 amide bonds. The third-order valence-electron chi connectivity index (χ3n) is 3.98. The van der Waals surface area contributed by atoms with Crippen LogP contribution in [0.15, 0.2) is 58.1 Å². The zero-order chi connectivity index (χ0) is 20.1. The van der Waals surface area contributed by atoms with E-state index in [1.54, 1.807) is 24.3 Å². The lowest BCUT2D eigenvalue weighted by Crippen LogP contribution is -2.46. The third kappa shape index (κ3) is 4.26. The maximum atomic E-state index is 12.4. The van der Waals surface area contributed by atoms with Gasteiger partial charge in [0, 0.05) is 0 Å². The highest BCUT2D eigenvalue weighted by Gasteiger charge is 2.11. The molecule has 9 heteroatoms. The molecule has 3 N–H and O–H groups in total. The van der Waals surface area contributed by atoms with E-state index in [1.807, 2.05) is 19.1 Å². The van der Waals surface area contributed by atoms with E-state index in [0.29, 0.717) is 5.75 Å². The van der Waals surface area contributed by atoms with Gasteiger partial charge in [0.15, 0.2) is 6.61 Å². The van der Waals surface area contributed by atoms with Gasteiger partial charge in [0.05, 0.1) is 10.8 Å². The number of aryl methyl sites for hydroxylation is 1. The molecule has 28 heavy (non-hydrogen) atoms. The Morgan fingerprint density at radius 1 is 0.964 bits per heavy atom. The Balaban J connectivity index is 1.57. The number of amides is 2. The van der Waals surface area contributed by atoms with Crippen LogP contribution in [0, 0.1) is 6.92 Å². The van der Waals surface area contributed by atoms with Crippen LogP contribution in [0.5, 0.6) is 5.75 Å². The topological polar surface area (TPSA) is 122 Å². The summed E-state index contributed by atoms with van der Waals surface area (Å²) in [6.07, 6.45) is 0. The van der Waals surface area contributed by atoms with Crippen LogP contribution in [0.2, 0.25) is 0 Å². The van der Waals surface area contributed by atoms with Crippen LogP contribution in [0.4, 0.5) is 0 Å². The van der Waals surface area contributed by atoms with Crippen LogP contribution < -0.4 is 26.7 Å². The number of ether oxygens (including phenoxy) is 1. The molecule has 0 aliphatic heterocycles. The summed E-state index contributed by atoms with van der Waals surface area (Å²) in [6, 6.07) is 13.5. The summed E-state index contributed by atoms with van der Waals surface area (Å²) in [6.45, 7) is 1.09. The van der Waals surface area contributed by atoms with Crippen molar-refractivity contribution in [1.29, 1.82) is 0 Å². The van der Waals surface area contributed by atoms with Gasteiger partial charge in [-0.25, -0.2) is 4.68 Å². The maximum absolute atomic E-state index is 12.4. The number of nitrogens with one attached hydrogen (secondary N) is 3. The molecule has 0 spiro atoms. The number of benzene rings is 2. The molecule has 0 atom stereocenters. The molecule has 0 aliphatic carbocycles. The van der Waals surface area contributed by atoms with E-state index in [-0.39, 0.29) is 17.4 Å². The van der Waals surface area contributed by atoms with E-state index in [2.05, 4.69) is 16.0 Å². The highest BCUT2D eigenvalue weighted by atomic mass is 16.5. The van der Waals surface area contributed by atoms with E-state index in [4.69, 9.17) is 4.74 Å². The molecule has 3 aromatic rings. The standard InChI is InChI=1S/C19H18N4O5/c1-12-6-2-5-9-15(12)28-11-17(25)21-20-16(24)10-23-19(27)14-8-4-3-7-13(14)18(26)22-23/h2-9H,10-11H2,1H3,(H,20,24)(H,21,25)(H,22,26). The fourth-order valence-electron chi connectivity index (χ4n) is 2.58. The lowest BCUT2D eigenvalue weighted by atomic mass is 10.2. The second-order valence-electron chi connectivity index (χ2n) is 6.03. The molecule has 144 valence electrons. The van der Waals surface area contributed by atoms with Crippen molar-refractivity contribution in [3.63, 3.8) is 0 Å². The summed E-state index contributed by atoms with van der Waals surface area (Å²) in [5.74, 6) is -0.697. The van der Waals surface area contributed by atoms with Crippen LogP contribution in [0.3, 0.4) is 0 Å². The highest BCUT2D eigenvalue weighted by Crippen LogP contribution is 2.15. The Kier molecular flexibility index (Phi) is 5.54. The molecule has 0 saturated carbocycles. The minimum absolute atomic E-state index is 0.203. The van der Waals surface area contributed by atoms with Gasteiger partial charge in [-0.2, -0.15) is 0 Å². The third-order valence-corrected chi connectivity index (χ3v) is 3.98. The van der Waals surface area contributed by atoms with E-state index in [1.165, 1.54) is 12.1 Å². The first-order chi connectivity index (χ1) is 13.5. The lowest BCUT2D eigenvalue weighted by Gasteiger charge is -2.11. The zero-order valence-electron chi connectivity index (χ0n) is 15.0. The number of nitrogens with zero attached hydrogens (tertiary/aromatic N) is 1. The number of hydrogen-bond donors (Lipinski definition) is 3. The summed E-state index contributed by atoms with van der Waals surface area (Å²) in [7, 11) is 0. The van der Waals surface area contributed by atoms with Gasteiger partial charge in [-0.3, -0.25) is 35.1 Å². The lowest BCUT2D eigenvalue weighted by molar-refractivity contribution is -0.130. The smallest absolute Gasteiger partial charge is 0.276 e. The van der Waals surface area contributed by atoms with Gasteiger partial charge in [0.25, 0.3) is 22.9 Å². The molecule has 0 aliphatic rings. The summed E-state index contributed by atoms with van der Waals surface area (Å²) in [5, 5.41) is 2.79. The quantitative estimate of drug-likeness (QED) is 0.545.